The zero-order valence-corrected chi connectivity index (χ0v) is 28.3. The monoisotopic (exact) mass is 606 g/mol. The number of hydrogen-bond acceptors (Lipinski definition) is 0. The summed E-state index contributed by atoms with van der Waals surface area (Å²) in [5, 5.41) is 3.84. The van der Waals surface area contributed by atoms with Crippen molar-refractivity contribution in [2.24, 2.45) is 0 Å². The van der Waals surface area contributed by atoms with E-state index in [1.54, 1.807) is 0 Å². The van der Waals surface area contributed by atoms with Crippen LogP contribution >= 0.6 is 11.1 Å². The molecule has 0 amide bonds. The van der Waals surface area contributed by atoms with E-state index in [1.807, 2.05) is 0 Å². The molecule has 0 bridgehead atoms. The first-order valence-corrected chi connectivity index (χ1v) is 18.4. The average molecular weight is 607 g/mol. The first kappa shape index (κ1) is 29.9. The molecule has 2 heteroatoms. The van der Waals surface area contributed by atoms with Crippen LogP contribution in [0, 0.1) is 41.5 Å². The van der Waals surface area contributed by atoms with Crippen molar-refractivity contribution in [1.29, 1.82) is 0 Å². The molecule has 44 heavy (non-hydrogen) atoms. The van der Waals surface area contributed by atoms with E-state index < -0.39 is 7.38 Å². The summed E-state index contributed by atoms with van der Waals surface area (Å²) in [4.78, 5) is 0. The number of benzene rings is 6. The number of aryl methyl sites for hydroxylation is 3. The lowest BCUT2D eigenvalue weighted by Crippen LogP contribution is -2.67. The van der Waals surface area contributed by atoms with Crippen molar-refractivity contribution in [2.45, 2.75) is 41.5 Å². The Hall–Kier alpha value is -4.17. The van der Waals surface area contributed by atoms with E-state index in [1.165, 1.54) is 82.3 Å². The summed E-state index contributed by atoms with van der Waals surface area (Å²) >= 11 is 8.85. The van der Waals surface area contributed by atoms with Gasteiger partial charge in [-0.1, -0.05) is 127 Å². The zero-order chi connectivity index (χ0) is 31.0. The van der Waals surface area contributed by atoms with Gasteiger partial charge in [0.2, 0.25) is 0 Å². The molecule has 6 aromatic carbocycles. The van der Waals surface area contributed by atoms with Crippen LogP contribution in [0.15, 0.2) is 127 Å². The standard InChI is InChI=1S/C42H39ClSi/c1-28-22-25-37(34-16-10-7-11-17-34)40(31(28)4)44(43,41-32(5)29(2)23-26-38(41)35-18-12-8-13-19-35)42-33(6)30(3)24-27-39(42)36-20-14-9-15-21-36/h7-27H,1-6H3. The molecule has 0 N–H and O–H groups in total. The lowest BCUT2D eigenvalue weighted by atomic mass is 9.99. The van der Waals surface area contributed by atoms with Gasteiger partial charge in [-0.2, -0.15) is 0 Å². The molecule has 6 aromatic rings. The van der Waals surface area contributed by atoms with E-state index in [9.17, 15) is 0 Å². The molecule has 0 nitrogen and oxygen atoms in total. The number of halogens is 1. The first-order chi connectivity index (χ1) is 21.2. The fraction of sp³-hybridized carbons (Fsp3) is 0.143. The lowest BCUT2D eigenvalue weighted by Gasteiger charge is -2.37. The van der Waals surface area contributed by atoms with Gasteiger partial charge in [-0.15, -0.1) is 11.1 Å². The Balaban J connectivity index is 1.88. The highest BCUT2D eigenvalue weighted by Gasteiger charge is 2.47. The highest BCUT2D eigenvalue weighted by molar-refractivity contribution is 7.41. The predicted molar refractivity (Wildman–Crippen MR) is 195 cm³/mol. The Bertz CT molecular complexity index is 1730. The van der Waals surface area contributed by atoms with E-state index in [0.29, 0.717) is 0 Å². The van der Waals surface area contributed by atoms with Crippen LogP contribution in [0.25, 0.3) is 33.4 Å². The van der Waals surface area contributed by atoms with Crippen molar-refractivity contribution >= 4 is 34.0 Å². The van der Waals surface area contributed by atoms with Crippen molar-refractivity contribution in [2.75, 3.05) is 0 Å². The Morgan fingerprint density at radius 1 is 0.341 bits per heavy atom. The molecule has 0 spiro atoms. The summed E-state index contributed by atoms with van der Waals surface area (Å²) < 4.78 is 0. The summed E-state index contributed by atoms with van der Waals surface area (Å²) in [6.45, 7) is 13.5. The van der Waals surface area contributed by atoms with Crippen LogP contribution in [0.2, 0.25) is 0 Å². The van der Waals surface area contributed by atoms with Crippen LogP contribution in [0.1, 0.15) is 33.4 Å². The molecule has 0 aliphatic carbocycles. The average Bonchev–Trinajstić information content (AvgIpc) is 3.05. The fourth-order valence-electron chi connectivity index (χ4n) is 6.73. The third-order valence-corrected chi connectivity index (χ3v) is 15.2. The van der Waals surface area contributed by atoms with Crippen molar-refractivity contribution in [3.63, 3.8) is 0 Å². The minimum Gasteiger partial charge on any atom is -0.149 e. The molecule has 0 fully saturated rings. The van der Waals surface area contributed by atoms with Crippen molar-refractivity contribution in [1.82, 2.24) is 0 Å². The molecule has 0 aliphatic heterocycles. The van der Waals surface area contributed by atoms with Gasteiger partial charge < -0.3 is 0 Å². The topological polar surface area (TPSA) is 0 Å². The van der Waals surface area contributed by atoms with Crippen molar-refractivity contribution in [3.8, 4) is 33.4 Å². The molecule has 0 unspecified atom stereocenters. The van der Waals surface area contributed by atoms with Crippen LogP contribution in [0.4, 0.5) is 0 Å². The van der Waals surface area contributed by atoms with Crippen LogP contribution in [-0.2, 0) is 0 Å². The third kappa shape index (κ3) is 5.05. The highest BCUT2D eigenvalue weighted by Crippen LogP contribution is 2.34. The van der Waals surface area contributed by atoms with Gasteiger partial charge in [0, 0.05) is 0 Å². The van der Waals surface area contributed by atoms with E-state index in [2.05, 4.69) is 169 Å². The molecule has 0 saturated heterocycles. The summed E-state index contributed by atoms with van der Waals surface area (Å²) in [6, 6.07) is 46.1. The SMILES string of the molecule is Cc1ccc(-c2ccccc2)c([Si](Cl)(c2c(-c3ccccc3)ccc(C)c2C)c2c(-c3ccccc3)ccc(C)c2C)c1C. The van der Waals surface area contributed by atoms with E-state index in [0.717, 1.165) is 0 Å². The minimum atomic E-state index is -3.32. The van der Waals surface area contributed by atoms with Gasteiger partial charge in [-0.3, -0.25) is 0 Å². The lowest BCUT2D eigenvalue weighted by molar-refractivity contribution is 1.34. The second kappa shape index (κ2) is 12.1. The third-order valence-electron chi connectivity index (χ3n) is 9.50. The second-order valence-electron chi connectivity index (χ2n) is 12.0. The van der Waals surface area contributed by atoms with E-state index >= 15 is 0 Å². The minimum absolute atomic E-state index is 1.20. The van der Waals surface area contributed by atoms with Crippen LogP contribution in [-0.4, -0.2) is 7.38 Å². The summed E-state index contributed by atoms with van der Waals surface area (Å²) in [6.07, 6.45) is 0. The van der Waals surface area contributed by atoms with Crippen molar-refractivity contribution < 1.29 is 0 Å². The van der Waals surface area contributed by atoms with Gasteiger partial charge >= 0.3 is 0 Å². The van der Waals surface area contributed by atoms with Gasteiger partial charge in [0.25, 0.3) is 7.38 Å². The first-order valence-electron chi connectivity index (χ1n) is 15.4. The molecule has 0 aliphatic rings. The van der Waals surface area contributed by atoms with Gasteiger partial charge in [-0.25, -0.2) is 0 Å². The van der Waals surface area contributed by atoms with Crippen LogP contribution in [0.3, 0.4) is 0 Å². The zero-order valence-electron chi connectivity index (χ0n) is 26.5. The molecule has 0 heterocycles. The maximum atomic E-state index is 8.85. The molecule has 6 rings (SSSR count). The molecule has 0 atom stereocenters. The Morgan fingerprint density at radius 2 is 0.591 bits per heavy atom. The van der Waals surface area contributed by atoms with E-state index in [4.69, 9.17) is 11.1 Å². The molecule has 0 saturated carbocycles. The Labute approximate surface area is 268 Å². The summed E-state index contributed by atoms with van der Waals surface area (Å²) in [5.74, 6) is 0. The van der Waals surface area contributed by atoms with Gasteiger partial charge in [0.1, 0.15) is 0 Å². The predicted octanol–water partition coefficient (Wildman–Crippen LogP) is 9.74. The van der Waals surface area contributed by atoms with Crippen molar-refractivity contribution in [3.05, 3.63) is 161 Å². The van der Waals surface area contributed by atoms with E-state index in [-0.39, 0.29) is 0 Å². The Morgan fingerprint density at radius 3 is 0.841 bits per heavy atom. The van der Waals surface area contributed by atoms with Crippen LogP contribution < -0.4 is 15.6 Å². The number of hydrogen-bond donors (Lipinski definition) is 0. The van der Waals surface area contributed by atoms with Gasteiger partial charge in [-0.05, 0) is 124 Å². The Kier molecular flexibility index (Phi) is 8.20. The molecule has 218 valence electrons. The largest absolute Gasteiger partial charge is 0.250 e. The smallest absolute Gasteiger partial charge is 0.149 e. The summed E-state index contributed by atoms with van der Waals surface area (Å²) in [5.41, 5.74) is 14.8. The molecule has 0 aromatic heterocycles. The highest BCUT2D eigenvalue weighted by atomic mass is 35.6. The molecule has 0 radical (unpaired) electrons. The van der Waals surface area contributed by atoms with Gasteiger partial charge in [0.15, 0.2) is 0 Å². The molecular formula is C42H39ClSi. The fourth-order valence-corrected chi connectivity index (χ4v) is 13.6. The maximum Gasteiger partial charge on any atom is 0.250 e. The van der Waals surface area contributed by atoms with Crippen LogP contribution in [0.5, 0.6) is 0 Å². The van der Waals surface area contributed by atoms with Gasteiger partial charge in [0.05, 0.1) is 0 Å². The number of rotatable bonds is 6. The second-order valence-corrected chi connectivity index (χ2v) is 16.6. The molecular weight excluding hydrogens is 568 g/mol. The maximum absolute atomic E-state index is 8.85. The normalized spacial score (nSPS) is 11.5. The summed E-state index contributed by atoms with van der Waals surface area (Å²) in [7, 11) is -3.32. The quantitative estimate of drug-likeness (QED) is 0.101.